The lowest BCUT2D eigenvalue weighted by Crippen LogP contribution is -2.00. The van der Waals surface area contributed by atoms with Crippen molar-refractivity contribution in [3.8, 4) is 5.75 Å². The fourth-order valence-corrected chi connectivity index (χ4v) is 1.84. The first-order valence-electron chi connectivity index (χ1n) is 6.67. The predicted molar refractivity (Wildman–Crippen MR) is 72.9 cm³/mol. The van der Waals surface area contributed by atoms with E-state index in [1.807, 2.05) is 25.1 Å². The molecule has 1 unspecified atom stereocenters. The van der Waals surface area contributed by atoms with Gasteiger partial charge in [-0.1, -0.05) is 12.5 Å². The molecule has 0 radical (unpaired) electrons. The summed E-state index contributed by atoms with van der Waals surface area (Å²) in [4.78, 5) is 0. The summed E-state index contributed by atoms with van der Waals surface area (Å²) < 4.78 is 5.71. The van der Waals surface area contributed by atoms with Gasteiger partial charge in [-0.05, 0) is 56.4 Å². The van der Waals surface area contributed by atoms with Crippen molar-refractivity contribution in [1.82, 2.24) is 0 Å². The van der Waals surface area contributed by atoms with Gasteiger partial charge < -0.3 is 14.9 Å². The Kier molecular flexibility index (Phi) is 6.76. The molecule has 0 bridgehead atoms. The van der Waals surface area contributed by atoms with E-state index < -0.39 is 6.10 Å². The van der Waals surface area contributed by atoms with Crippen molar-refractivity contribution in [3.63, 3.8) is 0 Å². The quantitative estimate of drug-likeness (QED) is 0.699. The lowest BCUT2D eigenvalue weighted by atomic mass is 10.1. The summed E-state index contributed by atoms with van der Waals surface area (Å²) in [7, 11) is 0. The summed E-state index contributed by atoms with van der Waals surface area (Å²) in [5.74, 6) is 0.890. The third-order valence-corrected chi connectivity index (χ3v) is 2.99. The fraction of sp³-hybridized carbons (Fsp3) is 0.600. The first-order valence-corrected chi connectivity index (χ1v) is 6.67. The molecule has 0 amide bonds. The van der Waals surface area contributed by atoms with Crippen LogP contribution in [0, 0.1) is 6.92 Å². The summed E-state index contributed by atoms with van der Waals surface area (Å²) in [6.07, 6.45) is 3.60. The van der Waals surface area contributed by atoms with E-state index in [2.05, 4.69) is 0 Å². The summed E-state index contributed by atoms with van der Waals surface area (Å²) >= 11 is 0. The number of aliphatic hydroxyl groups excluding tert-OH is 2. The third-order valence-electron chi connectivity index (χ3n) is 2.99. The number of rotatable bonds is 8. The highest BCUT2D eigenvalue weighted by atomic mass is 16.5. The Morgan fingerprint density at radius 2 is 1.89 bits per heavy atom. The van der Waals surface area contributed by atoms with Gasteiger partial charge in [-0.3, -0.25) is 0 Å². The number of hydrogen-bond acceptors (Lipinski definition) is 3. The van der Waals surface area contributed by atoms with Crippen molar-refractivity contribution in [2.24, 2.45) is 0 Å². The Hall–Kier alpha value is -1.06. The molecule has 0 heterocycles. The number of aliphatic hydroxyl groups is 2. The molecular weight excluding hydrogens is 228 g/mol. The Bertz CT molecular complexity index is 348. The maximum Gasteiger partial charge on any atom is 0.122 e. The minimum atomic E-state index is -0.434. The van der Waals surface area contributed by atoms with Crippen LogP contribution in [0.25, 0.3) is 0 Å². The van der Waals surface area contributed by atoms with E-state index in [-0.39, 0.29) is 6.61 Å². The van der Waals surface area contributed by atoms with Crippen LogP contribution in [0.1, 0.15) is 49.8 Å². The molecule has 1 rings (SSSR count). The van der Waals surface area contributed by atoms with Crippen LogP contribution < -0.4 is 4.74 Å². The van der Waals surface area contributed by atoms with Gasteiger partial charge in [-0.25, -0.2) is 0 Å². The van der Waals surface area contributed by atoms with Crippen LogP contribution >= 0.6 is 0 Å². The molecule has 18 heavy (non-hydrogen) atoms. The molecule has 2 N–H and O–H groups in total. The SMILES string of the molecule is Cc1cc(C(C)O)ccc1OCCCCCCO. The van der Waals surface area contributed by atoms with Gasteiger partial charge in [0.05, 0.1) is 12.7 Å². The molecule has 0 saturated heterocycles. The van der Waals surface area contributed by atoms with Gasteiger partial charge in [0.25, 0.3) is 0 Å². The number of benzene rings is 1. The number of unbranched alkanes of at least 4 members (excludes halogenated alkanes) is 3. The molecule has 0 fully saturated rings. The highest BCUT2D eigenvalue weighted by Crippen LogP contribution is 2.22. The van der Waals surface area contributed by atoms with Gasteiger partial charge in [0.15, 0.2) is 0 Å². The molecule has 0 aliphatic heterocycles. The molecule has 0 aromatic heterocycles. The minimum Gasteiger partial charge on any atom is -0.493 e. The summed E-state index contributed by atoms with van der Waals surface area (Å²) in [5.41, 5.74) is 1.98. The predicted octanol–water partition coefficient (Wildman–Crippen LogP) is 2.98. The van der Waals surface area contributed by atoms with Crippen LogP contribution in [0.3, 0.4) is 0 Å². The van der Waals surface area contributed by atoms with Crippen LogP contribution in [-0.2, 0) is 0 Å². The monoisotopic (exact) mass is 252 g/mol. The molecule has 0 aliphatic carbocycles. The van der Waals surface area contributed by atoms with Crippen LogP contribution in [0.5, 0.6) is 5.75 Å². The highest BCUT2D eigenvalue weighted by Gasteiger charge is 2.04. The summed E-state index contributed by atoms with van der Waals surface area (Å²) in [6.45, 7) is 4.74. The lowest BCUT2D eigenvalue weighted by molar-refractivity contribution is 0.199. The standard InChI is InChI=1S/C15H24O3/c1-12-11-14(13(2)17)7-8-15(12)18-10-6-4-3-5-9-16/h7-8,11,13,16-17H,3-6,9-10H2,1-2H3. The van der Waals surface area contributed by atoms with Gasteiger partial charge in [-0.2, -0.15) is 0 Å². The van der Waals surface area contributed by atoms with Gasteiger partial charge in [0.2, 0.25) is 0 Å². The Morgan fingerprint density at radius 3 is 2.50 bits per heavy atom. The summed E-state index contributed by atoms with van der Waals surface area (Å²) in [5, 5.41) is 18.1. The van der Waals surface area contributed by atoms with E-state index in [9.17, 15) is 5.11 Å². The number of hydrogen-bond donors (Lipinski definition) is 2. The topological polar surface area (TPSA) is 49.7 Å². The molecule has 3 nitrogen and oxygen atoms in total. The van der Waals surface area contributed by atoms with E-state index in [0.29, 0.717) is 6.61 Å². The molecular formula is C15H24O3. The first-order chi connectivity index (χ1) is 8.65. The Morgan fingerprint density at radius 1 is 1.17 bits per heavy atom. The van der Waals surface area contributed by atoms with Crippen molar-refractivity contribution in [3.05, 3.63) is 29.3 Å². The van der Waals surface area contributed by atoms with Gasteiger partial charge in [-0.15, -0.1) is 0 Å². The largest absolute Gasteiger partial charge is 0.493 e. The Balaban J connectivity index is 2.34. The zero-order valence-electron chi connectivity index (χ0n) is 11.4. The smallest absolute Gasteiger partial charge is 0.122 e. The molecule has 1 aromatic carbocycles. The maximum atomic E-state index is 9.47. The molecule has 3 heteroatoms. The van der Waals surface area contributed by atoms with E-state index >= 15 is 0 Å². The maximum absolute atomic E-state index is 9.47. The zero-order valence-corrected chi connectivity index (χ0v) is 11.4. The van der Waals surface area contributed by atoms with E-state index in [1.165, 1.54) is 0 Å². The van der Waals surface area contributed by atoms with E-state index in [0.717, 1.165) is 42.6 Å². The van der Waals surface area contributed by atoms with E-state index in [1.54, 1.807) is 6.92 Å². The second-order valence-electron chi connectivity index (χ2n) is 4.69. The second-order valence-corrected chi connectivity index (χ2v) is 4.69. The van der Waals surface area contributed by atoms with Gasteiger partial charge >= 0.3 is 0 Å². The molecule has 102 valence electrons. The van der Waals surface area contributed by atoms with Crippen LogP contribution in [0.15, 0.2) is 18.2 Å². The fourth-order valence-electron chi connectivity index (χ4n) is 1.84. The lowest BCUT2D eigenvalue weighted by Gasteiger charge is -2.11. The molecule has 0 saturated carbocycles. The van der Waals surface area contributed by atoms with E-state index in [4.69, 9.17) is 9.84 Å². The molecule has 1 atom stereocenters. The van der Waals surface area contributed by atoms with Crippen LogP contribution in [0.2, 0.25) is 0 Å². The first kappa shape index (κ1) is 15.0. The van der Waals surface area contributed by atoms with Crippen LogP contribution in [0.4, 0.5) is 0 Å². The van der Waals surface area contributed by atoms with Crippen molar-refractivity contribution >= 4 is 0 Å². The number of ether oxygens (including phenoxy) is 1. The second kappa shape index (κ2) is 8.11. The summed E-state index contributed by atoms with van der Waals surface area (Å²) in [6, 6.07) is 5.79. The molecule has 0 aliphatic rings. The average Bonchev–Trinajstić information content (AvgIpc) is 2.35. The zero-order chi connectivity index (χ0) is 13.4. The third kappa shape index (κ3) is 5.07. The van der Waals surface area contributed by atoms with Crippen molar-refractivity contribution in [1.29, 1.82) is 0 Å². The highest BCUT2D eigenvalue weighted by molar-refractivity contribution is 5.36. The van der Waals surface area contributed by atoms with Gasteiger partial charge in [0.1, 0.15) is 5.75 Å². The van der Waals surface area contributed by atoms with Crippen molar-refractivity contribution < 1.29 is 14.9 Å². The Labute approximate surface area is 109 Å². The van der Waals surface area contributed by atoms with Crippen LogP contribution in [-0.4, -0.2) is 23.4 Å². The average molecular weight is 252 g/mol. The van der Waals surface area contributed by atoms with Crippen molar-refractivity contribution in [2.75, 3.05) is 13.2 Å². The van der Waals surface area contributed by atoms with Crippen molar-refractivity contribution in [2.45, 2.75) is 45.6 Å². The molecule has 1 aromatic rings. The van der Waals surface area contributed by atoms with Gasteiger partial charge in [0, 0.05) is 6.61 Å². The minimum absolute atomic E-state index is 0.279. The number of aryl methyl sites for hydroxylation is 1. The normalized spacial score (nSPS) is 12.4. The molecule has 0 spiro atoms.